The smallest absolute Gasteiger partial charge is 0.226 e. The molecule has 130 valence electrons. The predicted octanol–water partition coefficient (Wildman–Crippen LogP) is 4.10. The maximum atomic E-state index is 12.0. The number of anilines is 1. The van der Waals surface area contributed by atoms with Gasteiger partial charge in [-0.25, -0.2) is 4.98 Å². The van der Waals surface area contributed by atoms with Crippen LogP contribution in [0.5, 0.6) is 5.75 Å². The van der Waals surface area contributed by atoms with Crippen molar-refractivity contribution in [1.29, 1.82) is 0 Å². The topological polar surface area (TPSA) is 77.0 Å². The van der Waals surface area contributed by atoms with E-state index in [0.717, 1.165) is 26.4 Å². The lowest BCUT2D eigenvalue weighted by Gasteiger charge is -2.01. The Hall–Kier alpha value is -1.97. The lowest BCUT2D eigenvalue weighted by Crippen LogP contribution is -2.11. The molecule has 0 aliphatic heterocycles. The number of nitrogens with one attached hydrogen (secondary N) is 1. The minimum Gasteiger partial charge on any atom is -0.497 e. The number of methoxy groups -OCH3 is 1. The van der Waals surface area contributed by atoms with Crippen LogP contribution in [0.15, 0.2) is 34.0 Å². The number of nitrogens with zero attached hydrogens (tertiary/aromatic N) is 3. The summed E-state index contributed by atoms with van der Waals surface area (Å²) in [5.41, 5.74) is 1.82. The minimum atomic E-state index is -0.0515. The summed E-state index contributed by atoms with van der Waals surface area (Å²) in [5.74, 6) is 1.41. The Balaban J connectivity index is 1.50. The molecule has 1 N–H and O–H groups in total. The third kappa shape index (κ3) is 5.00. The van der Waals surface area contributed by atoms with Crippen LogP contribution in [0.2, 0.25) is 0 Å². The summed E-state index contributed by atoms with van der Waals surface area (Å²) in [6, 6.07) is 7.67. The molecule has 1 amide bonds. The van der Waals surface area contributed by atoms with Gasteiger partial charge < -0.3 is 10.1 Å². The van der Waals surface area contributed by atoms with Crippen LogP contribution < -0.4 is 10.1 Å². The Labute approximate surface area is 157 Å². The van der Waals surface area contributed by atoms with Gasteiger partial charge in [-0.15, -0.1) is 21.5 Å². The monoisotopic (exact) mass is 392 g/mol. The van der Waals surface area contributed by atoms with Crippen molar-refractivity contribution in [2.45, 2.75) is 17.7 Å². The van der Waals surface area contributed by atoms with Crippen molar-refractivity contribution in [2.75, 3.05) is 18.2 Å². The number of benzene rings is 1. The molecule has 0 aliphatic rings. The highest BCUT2D eigenvalue weighted by Crippen LogP contribution is 2.27. The molecular weight excluding hydrogens is 376 g/mol. The lowest BCUT2D eigenvalue weighted by molar-refractivity contribution is -0.115. The number of hydrogen-bond donors (Lipinski definition) is 1. The van der Waals surface area contributed by atoms with Gasteiger partial charge in [-0.1, -0.05) is 23.1 Å². The number of carbonyl (C=O) groups excluding carboxylic acids is 1. The van der Waals surface area contributed by atoms with Gasteiger partial charge in [0.15, 0.2) is 9.47 Å². The van der Waals surface area contributed by atoms with E-state index in [9.17, 15) is 4.79 Å². The molecule has 0 atom stereocenters. The number of carbonyl (C=O) groups is 1. The number of ether oxygens (including phenoxy) is 1. The zero-order valence-electron chi connectivity index (χ0n) is 13.7. The standard InChI is InChI=1S/C16H16N4O2S3/c1-10-19-20-16(25-10)23-8-7-14(21)18-15-17-13(9-24-15)11-3-5-12(22-2)6-4-11/h3-6,9H,7-8H2,1-2H3,(H,17,18,21). The quantitative estimate of drug-likeness (QED) is 0.610. The summed E-state index contributed by atoms with van der Waals surface area (Å²) in [6.45, 7) is 1.91. The molecule has 0 saturated heterocycles. The summed E-state index contributed by atoms with van der Waals surface area (Å²) in [4.78, 5) is 16.5. The molecule has 1 aromatic carbocycles. The maximum absolute atomic E-state index is 12.0. The molecule has 9 heteroatoms. The van der Waals surface area contributed by atoms with Gasteiger partial charge in [-0.05, 0) is 31.2 Å². The Bertz CT molecular complexity index is 845. The van der Waals surface area contributed by atoms with Crippen LogP contribution in [0.1, 0.15) is 11.4 Å². The molecule has 2 heterocycles. The number of rotatable bonds is 7. The molecule has 3 aromatic rings. The van der Waals surface area contributed by atoms with E-state index in [0.29, 0.717) is 17.3 Å². The molecule has 0 fully saturated rings. The van der Waals surface area contributed by atoms with Crippen LogP contribution in [0.4, 0.5) is 5.13 Å². The van der Waals surface area contributed by atoms with E-state index >= 15 is 0 Å². The molecule has 2 aromatic heterocycles. The van der Waals surface area contributed by atoms with Gasteiger partial charge in [0.2, 0.25) is 5.91 Å². The molecule has 0 aliphatic carbocycles. The molecule has 25 heavy (non-hydrogen) atoms. The molecular formula is C16H16N4O2S3. The highest BCUT2D eigenvalue weighted by atomic mass is 32.2. The van der Waals surface area contributed by atoms with Crippen molar-refractivity contribution in [3.8, 4) is 17.0 Å². The molecule has 0 spiro atoms. The summed E-state index contributed by atoms with van der Waals surface area (Å²) < 4.78 is 6.04. The van der Waals surface area contributed by atoms with Crippen LogP contribution >= 0.6 is 34.4 Å². The van der Waals surface area contributed by atoms with E-state index in [1.807, 2.05) is 36.6 Å². The van der Waals surface area contributed by atoms with E-state index in [2.05, 4.69) is 20.5 Å². The van der Waals surface area contributed by atoms with Crippen molar-refractivity contribution in [3.63, 3.8) is 0 Å². The van der Waals surface area contributed by atoms with E-state index < -0.39 is 0 Å². The first-order chi connectivity index (χ1) is 12.1. The molecule has 0 bridgehead atoms. The fourth-order valence-electron chi connectivity index (χ4n) is 1.98. The predicted molar refractivity (Wildman–Crippen MR) is 103 cm³/mol. The van der Waals surface area contributed by atoms with Gasteiger partial charge in [0, 0.05) is 23.1 Å². The average molecular weight is 393 g/mol. The van der Waals surface area contributed by atoms with Crippen molar-refractivity contribution in [1.82, 2.24) is 15.2 Å². The number of aryl methyl sites for hydroxylation is 1. The molecule has 0 radical (unpaired) electrons. The Morgan fingerprint density at radius 3 is 2.76 bits per heavy atom. The van der Waals surface area contributed by atoms with Gasteiger partial charge in [-0.2, -0.15) is 0 Å². The van der Waals surface area contributed by atoms with Crippen molar-refractivity contribution < 1.29 is 9.53 Å². The molecule has 6 nitrogen and oxygen atoms in total. The van der Waals surface area contributed by atoms with Crippen LogP contribution in [0.25, 0.3) is 11.3 Å². The zero-order chi connectivity index (χ0) is 17.6. The molecule has 3 rings (SSSR count). The lowest BCUT2D eigenvalue weighted by atomic mass is 10.2. The molecule has 0 unspecified atom stereocenters. The normalized spacial score (nSPS) is 10.6. The first-order valence-corrected chi connectivity index (χ1v) is 10.1. The second-order valence-electron chi connectivity index (χ2n) is 5.00. The van der Waals surface area contributed by atoms with Crippen molar-refractivity contribution in [3.05, 3.63) is 34.7 Å². The van der Waals surface area contributed by atoms with Gasteiger partial charge in [0.1, 0.15) is 10.8 Å². The maximum Gasteiger partial charge on any atom is 0.226 e. The van der Waals surface area contributed by atoms with E-state index in [1.54, 1.807) is 18.9 Å². The van der Waals surface area contributed by atoms with Gasteiger partial charge >= 0.3 is 0 Å². The average Bonchev–Trinajstić information content (AvgIpc) is 3.24. The van der Waals surface area contributed by atoms with Crippen LogP contribution in [-0.2, 0) is 4.79 Å². The third-order valence-electron chi connectivity index (χ3n) is 3.20. The van der Waals surface area contributed by atoms with E-state index in [4.69, 9.17) is 4.74 Å². The minimum absolute atomic E-state index is 0.0515. The Morgan fingerprint density at radius 1 is 1.28 bits per heavy atom. The number of aromatic nitrogens is 3. The summed E-state index contributed by atoms with van der Waals surface area (Å²) in [7, 11) is 1.63. The Morgan fingerprint density at radius 2 is 2.08 bits per heavy atom. The highest BCUT2D eigenvalue weighted by molar-refractivity contribution is 8.01. The molecule has 0 saturated carbocycles. The van der Waals surface area contributed by atoms with E-state index in [-0.39, 0.29) is 5.91 Å². The summed E-state index contributed by atoms with van der Waals surface area (Å²) in [6.07, 6.45) is 0.404. The second-order valence-corrected chi connectivity index (χ2v) is 8.38. The van der Waals surface area contributed by atoms with Crippen molar-refractivity contribution >= 4 is 45.5 Å². The zero-order valence-corrected chi connectivity index (χ0v) is 16.1. The fraction of sp³-hybridized carbons (Fsp3) is 0.250. The van der Waals surface area contributed by atoms with Gasteiger partial charge in [0.05, 0.1) is 12.8 Å². The van der Waals surface area contributed by atoms with Crippen molar-refractivity contribution in [2.24, 2.45) is 0 Å². The first-order valence-electron chi connectivity index (χ1n) is 7.47. The van der Waals surface area contributed by atoms with E-state index in [1.165, 1.54) is 22.7 Å². The van der Waals surface area contributed by atoms with Gasteiger partial charge in [0.25, 0.3) is 0 Å². The second kappa shape index (κ2) is 8.41. The van der Waals surface area contributed by atoms with Crippen LogP contribution in [0.3, 0.4) is 0 Å². The number of hydrogen-bond acceptors (Lipinski definition) is 8. The van der Waals surface area contributed by atoms with Crippen LogP contribution in [-0.4, -0.2) is 34.0 Å². The first kappa shape index (κ1) is 17.8. The highest BCUT2D eigenvalue weighted by Gasteiger charge is 2.09. The van der Waals surface area contributed by atoms with Crippen LogP contribution in [0, 0.1) is 6.92 Å². The SMILES string of the molecule is COc1ccc(-c2csc(NC(=O)CCSc3nnc(C)s3)n2)cc1. The van der Waals surface area contributed by atoms with Gasteiger partial charge in [-0.3, -0.25) is 4.79 Å². The Kier molecular flexibility index (Phi) is 6.00. The third-order valence-corrected chi connectivity index (χ3v) is 5.93. The summed E-state index contributed by atoms with van der Waals surface area (Å²) >= 11 is 4.49. The number of thioether (sulfide) groups is 1. The fourth-order valence-corrected chi connectivity index (χ4v) is 4.54. The summed E-state index contributed by atoms with van der Waals surface area (Å²) in [5, 5.41) is 14.3. The number of thiazole rings is 1. The largest absolute Gasteiger partial charge is 0.497 e. The number of amides is 1.